The lowest BCUT2D eigenvalue weighted by Gasteiger charge is -2.33. The van der Waals surface area contributed by atoms with Crippen LogP contribution in [0.2, 0.25) is 0 Å². The smallest absolute Gasteiger partial charge is 0.407 e. The molecule has 1 rings (SSSR count). The van der Waals surface area contributed by atoms with Crippen LogP contribution in [0.15, 0.2) is 0 Å². The van der Waals surface area contributed by atoms with Crippen molar-refractivity contribution in [2.45, 2.75) is 78.0 Å². The second-order valence-corrected chi connectivity index (χ2v) is 7.47. The fourth-order valence-electron chi connectivity index (χ4n) is 2.74. The van der Waals surface area contributed by atoms with E-state index in [0.29, 0.717) is 6.54 Å². The predicted octanol–water partition coefficient (Wildman–Crippen LogP) is 2.75. The van der Waals surface area contributed by atoms with Gasteiger partial charge in [-0.1, -0.05) is 6.42 Å². The lowest BCUT2D eigenvalue weighted by Crippen LogP contribution is -2.42. The van der Waals surface area contributed by atoms with Crippen LogP contribution in [0.3, 0.4) is 0 Å². The molecule has 0 aliphatic carbocycles. The molecular formula is C17H35N3O2. The summed E-state index contributed by atoms with van der Waals surface area (Å²) in [4.78, 5) is 14.2. The van der Waals surface area contributed by atoms with Crippen molar-refractivity contribution in [3.63, 3.8) is 0 Å². The van der Waals surface area contributed by atoms with Crippen molar-refractivity contribution in [1.82, 2.24) is 15.5 Å². The number of ether oxygens (including phenoxy) is 1. The van der Waals surface area contributed by atoms with Crippen molar-refractivity contribution in [3.05, 3.63) is 0 Å². The van der Waals surface area contributed by atoms with Crippen molar-refractivity contribution in [2.24, 2.45) is 0 Å². The topological polar surface area (TPSA) is 53.6 Å². The number of alkyl carbamates (subject to hydrolysis) is 1. The molecule has 0 radical (unpaired) electrons. The Morgan fingerprint density at radius 2 is 2.09 bits per heavy atom. The maximum Gasteiger partial charge on any atom is 0.407 e. The normalized spacial score (nSPS) is 21.4. The summed E-state index contributed by atoms with van der Waals surface area (Å²) in [5.74, 6) is 0. The van der Waals surface area contributed by atoms with Gasteiger partial charge in [0.15, 0.2) is 0 Å². The summed E-state index contributed by atoms with van der Waals surface area (Å²) in [6, 6.07) is 0.992. The molecule has 1 amide bonds. The number of nitrogens with zero attached hydrogens (tertiary/aromatic N) is 1. The molecule has 5 nitrogen and oxygen atoms in total. The molecule has 1 aliphatic rings. The summed E-state index contributed by atoms with van der Waals surface area (Å²) in [5, 5.41) is 6.26. The highest BCUT2D eigenvalue weighted by molar-refractivity contribution is 5.67. The maximum atomic E-state index is 11.6. The van der Waals surface area contributed by atoms with Crippen LogP contribution in [0.5, 0.6) is 0 Å². The summed E-state index contributed by atoms with van der Waals surface area (Å²) in [7, 11) is 0. The maximum absolute atomic E-state index is 11.6. The van der Waals surface area contributed by atoms with E-state index in [2.05, 4.69) is 29.4 Å². The molecule has 1 aliphatic heterocycles. The highest BCUT2D eigenvalue weighted by Gasteiger charge is 2.18. The first-order valence-corrected chi connectivity index (χ1v) is 8.72. The summed E-state index contributed by atoms with van der Waals surface area (Å²) in [5.41, 5.74) is -0.439. The van der Waals surface area contributed by atoms with E-state index in [4.69, 9.17) is 4.74 Å². The molecule has 1 fully saturated rings. The molecule has 1 saturated heterocycles. The van der Waals surface area contributed by atoms with E-state index in [-0.39, 0.29) is 12.1 Å². The standard InChI is InChI=1S/C17H35N3O2/c1-14(13-19-16(21)22-17(3,4)5)18-10-8-12-20-11-7-6-9-15(20)2/h14-15,18H,6-13H2,1-5H3,(H,19,21). The van der Waals surface area contributed by atoms with Crippen LogP contribution in [0.4, 0.5) is 4.79 Å². The molecule has 1 heterocycles. The van der Waals surface area contributed by atoms with E-state index in [1.165, 1.54) is 32.4 Å². The van der Waals surface area contributed by atoms with E-state index in [9.17, 15) is 4.79 Å². The number of hydrogen-bond donors (Lipinski definition) is 2. The number of piperidine rings is 1. The van der Waals surface area contributed by atoms with Crippen LogP contribution in [-0.4, -0.2) is 54.9 Å². The van der Waals surface area contributed by atoms with Crippen molar-refractivity contribution in [3.8, 4) is 0 Å². The van der Waals surface area contributed by atoms with Crippen LogP contribution >= 0.6 is 0 Å². The van der Waals surface area contributed by atoms with Crippen LogP contribution < -0.4 is 10.6 Å². The molecule has 0 bridgehead atoms. The van der Waals surface area contributed by atoms with Crippen molar-refractivity contribution < 1.29 is 9.53 Å². The fraction of sp³-hybridized carbons (Fsp3) is 0.941. The quantitative estimate of drug-likeness (QED) is 0.710. The third kappa shape index (κ3) is 8.59. The first kappa shape index (κ1) is 19.2. The Bertz CT molecular complexity index is 328. The van der Waals surface area contributed by atoms with Gasteiger partial charge in [-0.05, 0) is 73.5 Å². The van der Waals surface area contributed by atoms with Crippen LogP contribution in [0.25, 0.3) is 0 Å². The van der Waals surface area contributed by atoms with Gasteiger partial charge in [-0.2, -0.15) is 0 Å². The SMILES string of the molecule is CC(CNC(=O)OC(C)(C)C)NCCCN1CCCCC1C. The van der Waals surface area contributed by atoms with Gasteiger partial charge in [-0.15, -0.1) is 0 Å². The Balaban J connectivity index is 2.05. The number of nitrogens with one attached hydrogen (secondary N) is 2. The number of hydrogen-bond acceptors (Lipinski definition) is 4. The number of carbonyl (C=O) groups is 1. The Kier molecular flexibility index (Phi) is 8.18. The van der Waals surface area contributed by atoms with Gasteiger partial charge in [0.05, 0.1) is 0 Å². The Hall–Kier alpha value is -0.810. The van der Waals surface area contributed by atoms with E-state index >= 15 is 0 Å². The summed E-state index contributed by atoms with van der Waals surface area (Å²) in [6.45, 7) is 14.0. The number of rotatable bonds is 7. The lowest BCUT2D eigenvalue weighted by atomic mass is 10.0. The molecule has 2 N–H and O–H groups in total. The van der Waals surface area contributed by atoms with Gasteiger partial charge in [-0.3, -0.25) is 0 Å². The third-order valence-corrected chi connectivity index (χ3v) is 4.01. The highest BCUT2D eigenvalue weighted by Crippen LogP contribution is 2.16. The molecular weight excluding hydrogens is 278 g/mol. The Morgan fingerprint density at radius 1 is 1.36 bits per heavy atom. The van der Waals surface area contributed by atoms with Crippen molar-refractivity contribution in [1.29, 1.82) is 0 Å². The predicted molar refractivity (Wildman–Crippen MR) is 91.2 cm³/mol. The minimum Gasteiger partial charge on any atom is -0.444 e. The molecule has 22 heavy (non-hydrogen) atoms. The molecule has 0 spiro atoms. The zero-order valence-electron chi connectivity index (χ0n) is 15.1. The van der Waals surface area contributed by atoms with Gasteiger partial charge in [0.2, 0.25) is 0 Å². The lowest BCUT2D eigenvalue weighted by molar-refractivity contribution is 0.0523. The second-order valence-electron chi connectivity index (χ2n) is 7.47. The minimum absolute atomic E-state index is 0.256. The number of amides is 1. The van der Waals surface area contributed by atoms with E-state index in [0.717, 1.165) is 19.0 Å². The molecule has 130 valence electrons. The zero-order chi connectivity index (χ0) is 16.6. The summed E-state index contributed by atoms with van der Waals surface area (Å²) in [6.07, 6.45) is 4.87. The number of carbonyl (C=O) groups excluding carboxylic acids is 1. The highest BCUT2D eigenvalue weighted by atomic mass is 16.6. The van der Waals surface area contributed by atoms with Gasteiger partial charge in [-0.25, -0.2) is 4.79 Å². The average molecular weight is 313 g/mol. The number of likely N-dealkylation sites (tertiary alicyclic amines) is 1. The van der Waals surface area contributed by atoms with Crippen molar-refractivity contribution in [2.75, 3.05) is 26.2 Å². The van der Waals surface area contributed by atoms with E-state index in [1.54, 1.807) is 0 Å². The molecule has 2 unspecified atom stereocenters. The Labute approximate surface area is 136 Å². The molecule has 0 aromatic rings. The molecule has 0 aromatic carbocycles. The van der Waals surface area contributed by atoms with Crippen LogP contribution in [-0.2, 0) is 4.74 Å². The van der Waals surface area contributed by atoms with Crippen molar-refractivity contribution >= 4 is 6.09 Å². The van der Waals surface area contributed by atoms with Gasteiger partial charge in [0.1, 0.15) is 5.60 Å². The molecule has 0 aromatic heterocycles. The van der Waals surface area contributed by atoms with Crippen LogP contribution in [0.1, 0.15) is 60.3 Å². The van der Waals surface area contributed by atoms with Gasteiger partial charge in [0.25, 0.3) is 0 Å². The zero-order valence-corrected chi connectivity index (χ0v) is 15.1. The largest absolute Gasteiger partial charge is 0.444 e. The minimum atomic E-state index is -0.439. The first-order valence-electron chi connectivity index (χ1n) is 8.72. The van der Waals surface area contributed by atoms with Crippen LogP contribution in [0, 0.1) is 0 Å². The van der Waals surface area contributed by atoms with Gasteiger partial charge >= 0.3 is 6.09 Å². The van der Waals surface area contributed by atoms with E-state index < -0.39 is 5.60 Å². The van der Waals surface area contributed by atoms with E-state index in [1.807, 2.05) is 20.8 Å². The summed E-state index contributed by atoms with van der Waals surface area (Å²) < 4.78 is 5.22. The van der Waals surface area contributed by atoms with Gasteiger partial charge in [0, 0.05) is 18.6 Å². The first-order chi connectivity index (χ1) is 10.3. The monoisotopic (exact) mass is 313 g/mol. The third-order valence-electron chi connectivity index (χ3n) is 4.01. The molecule has 5 heteroatoms. The Morgan fingerprint density at radius 3 is 2.73 bits per heavy atom. The summed E-state index contributed by atoms with van der Waals surface area (Å²) >= 11 is 0. The second kappa shape index (κ2) is 9.36. The van der Waals surface area contributed by atoms with Gasteiger partial charge < -0.3 is 20.3 Å². The fourth-order valence-corrected chi connectivity index (χ4v) is 2.74. The molecule has 2 atom stereocenters. The molecule has 0 saturated carbocycles. The average Bonchev–Trinajstić information content (AvgIpc) is 2.41.